The molecule has 154 valence electrons. The highest BCUT2D eigenvalue weighted by Gasteiger charge is 2.23. The van der Waals surface area contributed by atoms with Crippen LogP contribution < -0.4 is 15.4 Å². The maximum absolute atomic E-state index is 13.9. The van der Waals surface area contributed by atoms with Crippen LogP contribution in [0.4, 0.5) is 10.1 Å². The minimum atomic E-state index is -0.874. The third-order valence-corrected chi connectivity index (χ3v) is 5.14. The fourth-order valence-electron chi connectivity index (χ4n) is 3.53. The van der Waals surface area contributed by atoms with Crippen molar-refractivity contribution in [3.8, 4) is 5.75 Å². The van der Waals surface area contributed by atoms with Crippen LogP contribution in [0.15, 0.2) is 48.5 Å². The second kappa shape index (κ2) is 10.0. The first-order valence-corrected chi connectivity index (χ1v) is 10.2. The van der Waals surface area contributed by atoms with Crippen molar-refractivity contribution >= 4 is 17.5 Å². The summed E-state index contributed by atoms with van der Waals surface area (Å²) in [4.78, 5) is 25.5. The maximum atomic E-state index is 13.9. The van der Waals surface area contributed by atoms with E-state index in [0.29, 0.717) is 17.7 Å². The van der Waals surface area contributed by atoms with Crippen LogP contribution in [0.3, 0.4) is 0 Å². The van der Waals surface area contributed by atoms with Gasteiger partial charge >= 0.3 is 0 Å². The Morgan fingerprint density at radius 2 is 1.76 bits per heavy atom. The molecule has 2 N–H and O–H groups in total. The van der Waals surface area contributed by atoms with Gasteiger partial charge in [-0.1, -0.05) is 50.5 Å². The number of carbonyl (C=O) groups is 2. The summed E-state index contributed by atoms with van der Waals surface area (Å²) in [5, 5.41) is 5.84. The van der Waals surface area contributed by atoms with Crippen LogP contribution in [0.1, 0.15) is 55.8 Å². The van der Waals surface area contributed by atoms with Gasteiger partial charge in [-0.05, 0) is 43.5 Å². The van der Waals surface area contributed by atoms with Gasteiger partial charge in [-0.15, -0.1) is 0 Å². The highest BCUT2D eigenvalue weighted by Crippen LogP contribution is 2.22. The molecule has 0 aliphatic heterocycles. The molecule has 2 aromatic carbocycles. The third-order valence-electron chi connectivity index (χ3n) is 5.14. The molecule has 0 bridgehead atoms. The van der Waals surface area contributed by atoms with E-state index in [0.717, 1.165) is 25.7 Å². The van der Waals surface area contributed by atoms with E-state index in [2.05, 4.69) is 10.6 Å². The Labute approximate surface area is 170 Å². The number of benzene rings is 2. The lowest BCUT2D eigenvalue weighted by Gasteiger charge is -2.23. The Bertz CT molecular complexity index is 850. The van der Waals surface area contributed by atoms with Crippen molar-refractivity contribution in [1.82, 2.24) is 5.32 Å². The van der Waals surface area contributed by atoms with E-state index in [1.54, 1.807) is 43.3 Å². The van der Waals surface area contributed by atoms with E-state index >= 15 is 0 Å². The topological polar surface area (TPSA) is 67.4 Å². The number of nitrogens with one attached hydrogen (secondary N) is 2. The first-order chi connectivity index (χ1) is 14.1. The number of ether oxygens (including phenoxy) is 1. The lowest BCUT2D eigenvalue weighted by Crippen LogP contribution is -2.37. The molecule has 1 fully saturated rings. The van der Waals surface area contributed by atoms with E-state index in [1.807, 2.05) is 0 Å². The van der Waals surface area contributed by atoms with E-state index in [4.69, 9.17) is 4.74 Å². The van der Waals surface area contributed by atoms with Gasteiger partial charge in [0.05, 0.1) is 11.3 Å². The molecule has 0 saturated heterocycles. The van der Waals surface area contributed by atoms with E-state index < -0.39 is 17.8 Å². The number of carbonyl (C=O) groups excluding carboxylic acids is 2. The van der Waals surface area contributed by atoms with Crippen LogP contribution in [-0.4, -0.2) is 24.0 Å². The van der Waals surface area contributed by atoms with Crippen LogP contribution >= 0.6 is 0 Å². The number of hydrogen-bond acceptors (Lipinski definition) is 3. The zero-order chi connectivity index (χ0) is 20.6. The Morgan fingerprint density at radius 3 is 2.48 bits per heavy atom. The van der Waals surface area contributed by atoms with Crippen molar-refractivity contribution in [2.75, 3.05) is 5.32 Å². The SMILES string of the molecule is CCC(Oc1ccccc1F)C(=O)Nc1ccccc1C(=O)NC1CCCCC1. The Kier molecular flexibility index (Phi) is 7.22. The van der Waals surface area contributed by atoms with Crippen LogP contribution in [-0.2, 0) is 4.79 Å². The summed E-state index contributed by atoms with van der Waals surface area (Å²) in [5.41, 5.74) is 0.827. The predicted molar refractivity (Wildman–Crippen MR) is 111 cm³/mol. The van der Waals surface area contributed by atoms with E-state index in [9.17, 15) is 14.0 Å². The average Bonchev–Trinajstić information content (AvgIpc) is 2.74. The second-order valence-electron chi connectivity index (χ2n) is 7.29. The first-order valence-electron chi connectivity index (χ1n) is 10.2. The highest BCUT2D eigenvalue weighted by molar-refractivity contribution is 6.04. The van der Waals surface area contributed by atoms with Crippen LogP contribution in [0.5, 0.6) is 5.75 Å². The van der Waals surface area contributed by atoms with Gasteiger partial charge in [-0.2, -0.15) is 0 Å². The van der Waals surface area contributed by atoms with Crippen LogP contribution in [0, 0.1) is 5.82 Å². The van der Waals surface area contributed by atoms with Gasteiger partial charge in [0.2, 0.25) is 0 Å². The normalized spacial score (nSPS) is 15.4. The summed E-state index contributed by atoms with van der Waals surface area (Å²) >= 11 is 0. The molecule has 2 amide bonds. The molecule has 0 radical (unpaired) electrons. The third kappa shape index (κ3) is 5.56. The summed E-state index contributed by atoms with van der Waals surface area (Å²) < 4.78 is 19.4. The van der Waals surface area contributed by atoms with Gasteiger partial charge in [0, 0.05) is 6.04 Å². The molecule has 1 unspecified atom stereocenters. The lowest BCUT2D eigenvalue weighted by molar-refractivity contribution is -0.122. The minimum Gasteiger partial charge on any atom is -0.478 e. The number of amides is 2. The van der Waals surface area contributed by atoms with E-state index in [1.165, 1.54) is 18.6 Å². The van der Waals surface area contributed by atoms with Crippen molar-refractivity contribution in [3.05, 3.63) is 59.9 Å². The largest absolute Gasteiger partial charge is 0.478 e. The summed E-state index contributed by atoms with van der Waals surface area (Å²) in [7, 11) is 0. The quantitative estimate of drug-likeness (QED) is 0.711. The fraction of sp³-hybridized carbons (Fsp3) is 0.391. The summed E-state index contributed by atoms with van der Waals surface area (Å²) in [6.45, 7) is 1.78. The molecule has 0 heterocycles. The predicted octanol–water partition coefficient (Wildman–Crippen LogP) is 4.68. The molecule has 5 nitrogen and oxygen atoms in total. The zero-order valence-electron chi connectivity index (χ0n) is 16.6. The van der Waals surface area contributed by atoms with Crippen molar-refractivity contribution in [1.29, 1.82) is 0 Å². The molecule has 1 atom stereocenters. The second-order valence-corrected chi connectivity index (χ2v) is 7.29. The van der Waals surface area contributed by atoms with Crippen LogP contribution in [0.25, 0.3) is 0 Å². The molecule has 6 heteroatoms. The van der Waals surface area contributed by atoms with Gasteiger partial charge in [-0.25, -0.2) is 4.39 Å². The molecule has 0 spiro atoms. The van der Waals surface area contributed by atoms with Gasteiger partial charge in [-0.3, -0.25) is 9.59 Å². The smallest absolute Gasteiger partial charge is 0.265 e. The lowest BCUT2D eigenvalue weighted by atomic mass is 9.95. The molecule has 29 heavy (non-hydrogen) atoms. The maximum Gasteiger partial charge on any atom is 0.265 e. The van der Waals surface area contributed by atoms with Gasteiger partial charge in [0.25, 0.3) is 11.8 Å². The summed E-state index contributed by atoms with van der Waals surface area (Å²) in [6.07, 6.45) is 4.89. The van der Waals surface area contributed by atoms with Crippen molar-refractivity contribution < 1.29 is 18.7 Å². The number of halogens is 1. The molecule has 3 rings (SSSR count). The number of anilines is 1. The van der Waals surface area contributed by atoms with Crippen molar-refractivity contribution in [2.45, 2.75) is 57.6 Å². The fourth-order valence-corrected chi connectivity index (χ4v) is 3.53. The number of para-hydroxylation sites is 2. The summed E-state index contributed by atoms with van der Waals surface area (Å²) in [6, 6.07) is 13.0. The molecule has 1 saturated carbocycles. The molecule has 0 aromatic heterocycles. The molecule has 1 aliphatic rings. The average molecular weight is 398 g/mol. The summed E-state index contributed by atoms with van der Waals surface area (Å²) in [5.74, 6) is -1.12. The highest BCUT2D eigenvalue weighted by atomic mass is 19.1. The Hall–Kier alpha value is -2.89. The Morgan fingerprint density at radius 1 is 1.07 bits per heavy atom. The molecular weight excluding hydrogens is 371 g/mol. The number of hydrogen-bond donors (Lipinski definition) is 2. The monoisotopic (exact) mass is 398 g/mol. The van der Waals surface area contributed by atoms with E-state index in [-0.39, 0.29) is 17.7 Å². The number of rotatable bonds is 7. The van der Waals surface area contributed by atoms with Gasteiger partial charge in [0.15, 0.2) is 17.7 Å². The molecule has 2 aromatic rings. The van der Waals surface area contributed by atoms with Gasteiger partial charge in [0.1, 0.15) is 0 Å². The minimum absolute atomic E-state index is 0.0258. The van der Waals surface area contributed by atoms with Crippen LogP contribution in [0.2, 0.25) is 0 Å². The molecular formula is C23H27FN2O3. The standard InChI is InChI=1S/C23H27FN2O3/c1-2-20(29-21-15-9-7-13-18(21)24)23(28)26-19-14-8-6-12-17(19)22(27)25-16-10-4-3-5-11-16/h6-9,12-16,20H,2-5,10-11H2,1H3,(H,25,27)(H,26,28). The zero-order valence-corrected chi connectivity index (χ0v) is 16.6. The van der Waals surface area contributed by atoms with Gasteiger partial charge < -0.3 is 15.4 Å². The van der Waals surface area contributed by atoms with Crippen molar-refractivity contribution in [2.24, 2.45) is 0 Å². The first kappa shape index (κ1) is 20.8. The molecule has 1 aliphatic carbocycles. The Balaban J connectivity index is 1.69. The van der Waals surface area contributed by atoms with Crippen molar-refractivity contribution in [3.63, 3.8) is 0 Å².